The standard InChI is InChI=1S/C12H14FN/c1-3-5-8-14-11-6-7-12(13)10(4-2)9-11/h6-7,9,14H,4,8H2,1-2H3. The lowest BCUT2D eigenvalue weighted by Gasteiger charge is -2.05. The van der Waals surface area contributed by atoms with E-state index in [1.807, 2.05) is 13.0 Å². The van der Waals surface area contributed by atoms with Crippen LogP contribution >= 0.6 is 0 Å². The van der Waals surface area contributed by atoms with E-state index in [1.165, 1.54) is 6.07 Å². The average Bonchev–Trinajstić information content (AvgIpc) is 2.21. The van der Waals surface area contributed by atoms with Crippen molar-refractivity contribution in [3.05, 3.63) is 29.6 Å². The summed E-state index contributed by atoms with van der Waals surface area (Å²) >= 11 is 0. The lowest BCUT2D eigenvalue weighted by atomic mass is 10.1. The molecule has 0 aliphatic rings. The first-order valence-electron chi connectivity index (χ1n) is 4.69. The first-order chi connectivity index (χ1) is 6.77. The molecule has 0 radical (unpaired) electrons. The molecule has 1 N–H and O–H groups in total. The van der Waals surface area contributed by atoms with E-state index >= 15 is 0 Å². The summed E-state index contributed by atoms with van der Waals surface area (Å²) in [5, 5.41) is 3.11. The molecule has 0 amide bonds. The molecule has 0 unspecified atom stereocenters. The number of rotatable bonds is 3. The smallest absolute Gasteiger partial charge is 0.126 e. The molecule has 0 spiro atoms. The third kappa shape index (κ3) is 2.77. The highest BCUT2D eigenvalue weighted by Gasteiger charge is 2.00. The molecular weight excluding hydrogens is 177 g/mol. The van der Waals surface area contributed by atoms with Crippen LogP contribution in [-0.2, 0) is 6.42 Å². The van der Waals surface area contributed by atoms with Gasteiger partial charge in [-0.3, -0.25) is 0 Å². The van der Waals surface area contributed by atoms with E-state index in [0.717, 1.165) is 11.3 Å². The number of hydrogen-bond donors (Lipinski definition) is 1. The van der Waals surface area contributed by atoms with Gasteiger partial charge < -0.3 is 5.32 Å². The number of nitrogens with one attached hydrogen (secondary N) is 1. The van der Waals surface area contributed by atoms with Gasteiger partial charge in [-0.1, -0.05) is 12.8 Å². The van der Waals surface area contributed by atoms with Crippen molar-refractivity contribution < 1.29 is 4.39 Å². The SMILES string of the molecule is CC#CCNc1ccc(F)c(CC)c1. The van der Waals surface area contributed by atoms with Crippen molar-refractivity contribution in [1.82, 2.24) is 0 Å². The third-order valence-electron chi connectivity index (χ3n) is 1.98. The molecule has 0 aliphatic carbocycles. The van der Waals surface area contributed by atoms with Gasteiger partial charge in [-0.05, 0) is 37.1 Å². The van der Waals surface area contributed by atoms with Crippen LogP contribution in [-0.4, -0.2) is 6.54 Å². The Hall–Kier alpha value is -1.49. The van der Waals surface area contributed by atoms with Crippen molar-refractivity contribution in [2.24, 2.45) is 0 Å². The second-order valence-electron chi connectivity index (χ2n) is 2.94. The average molecular weight is 191 g/mol. The van der Waals surface area contributed by atoms with Gasteiger partial charge in [0.25, 0.3) is 0 Å². The molecule has 1 aromatic rings. The molecule has 1 rings (SSSR count). The largest absolute Gasteiger partial charge is 0.374 e. The molecule has 0 fully saturated rings. The Morgan fingerprint density at radius 1 is 1.43 bits per heavy atom. The zero-order valence-electron chi connectivity index (χ0n) is 8.52. The molecule has 14 heavy (non-hydrogen) atoms. The summed E-state index contributed by atoms with van der Waals surface area (Å²) in [7, 11) is 0. The summed E-state index contributed by atoms with van der Waals surface area (Å²) in [6, 6.07) is 5.04. The number of benzene rings is 1. The van der Waals surface area contributed by atoms with Gasteiger partial charge in [-0.25, -0.2) is 4.39 Å². The lowest BCUT2D eigenvalue weighted by molar-refractivity contribution is 0.612. The third-order valence-corrected chi connectivity index (χ3v) is 1.98. The van der Waals surface area contributed by atoms with Crippen LogP contribution < -0.4 is 5.32 Å². The van der Waals surface area contributed by atoms with Crippen LogP contribution in [0.4, 0.5) is 10.1 Å². The maximum atomic E-state index is 13.1. The van der Waals surface area contributed by atoms with E-state index in [4.69, 9.17) is 0 Å². The van der Waals surface area contributed by atoms with E-state index in [-0.39, 0.29) is 5.82 Å². The number of halogens is 1. The Bertz CT molecular complexity index is 360. The molecule has 0 saturated heterocycles. The molecule has 0 aromatic heterocycles. The number of hydrogen-bond acceptors (Lipinski definition) is 1. The van der Waals surface area contributed by atoms with Gasteiger partial charge >= 0.3 is 0 Å². The van der Waals surface area contributed by atoms with Crippen molar-refractivity contribution in [3.63, 3.8) is 0 Å². The van der Waals surface area contributed by atoms with Gasteiger partial charge in [0.15, 0.2) is 0 Å². The van der Waals surface area contributed by atoms with Crippen LogP contribution in [0, 0.1) is 17.7 Å². The topological polar surface area (TPSA) is 12.0 Å². The maximum absolute atomic E-state index is 13.1. The molecule has 0 aliphatic heterocycles. The fourth-order valence-electron chi connectivity index (χ4n) is 1.19. The van der Waals surface area contributed by atoms with Crippen LogP contribution in [0.5, 0.6) is 0 Å². The van der Waals surface area contributed by atoms with E-state index in [9.17, 15) is 4.39 Å². The van der Waals surface area contributed by atoms with Gasteiger partial charge in [-0.2, -0.15) is 0 Å². The van der Waals surface area contributed by atoms with Crippen LogP contribution in [0.15, 0.2) is 18.2 Å². The highest BCUT2D eigenvalue weighted by Crippen LogP contribution is 2.14. The zero-order valence-corrected chi connectivity index (χ0v) is 8.52. The molecule has 0 heterocycles. The van der Waals surface area contributed by atoms with Crippen molar-refractivity contribution in [1.29, 1.82) is 0 Å². The molecule has 0 saturated carbocycles. The normalized spacial score (nSPS) is 9.07. The van der Waals surface area contributed by atoms with E-state index in [1.54, 1.807) is 13.0 Å². The van der Waals surface area contributed by atoms with Gasteiger partial charge in [0, 0.05) is 5.69 Å². The molecular formula is C12H14FN. The van der Waals surface area contributed by atoms with E-state index in [0.29, 0.717) is 13.0 Å². The maximum Gasteiger partial charge on any atom is 0.126 e. The minimum absolute atomic E-state index is 0.139. The first kappa shape index (κ1) is 10.6. The molecule has 1 aromatic carbocycles. The van der Waals surface area contributed by atoms with Crippen LogP contribution in [0.2, 0.25) is 0 Å². The number of aryl methyl sites for hydroxylation is 1. The summed E-state index contributed by atoms with van der Waals surface area (Å²) in [6.07, 6.45) is 0.709. The van der Waals surface area contributed by atoms with Crippen molar-refractivity contribution >= 4 is 5.69 Å². The second kappa shape index (κ2) is 5.29. The Balaban J connectivity index is 2.72. The van der Waals surface area contributed by atoms with Crippen LogP contribution in [0.25, 0.3) is 0 Å². The molecule has 74 valence electrons. The fourth-order valence-corrected chi connectivity index (χ4v) is 1.19. The van der Waals surface area contributed by atoms with Crippen molar-refractivity contribution in [2.75, 3.05) is 11.9 Å². The first-order valence-corrected chi connectivity index (χ1v) is 4.69. The Kier molecular flexibility index (Phi) is 4.00. The van der Waals surface area contributed by atoms with E-state index in [2.05, 4.69) is 17.2 Å². The van der Waals surface area contributed by atoms with Crippen LogP contribution in [0.1, 0.15) is 19.4 Å². The predicted molar refractivity (Wildman–Crippen MR) is 57.7 cm³/mol. The highest BCUT2D eigenvalue weighted by molar-refractivity contribution is 5.47. The summed E-state index contributed by atoms with van der Waals surface area (Å²) in [5.41, 5.74) is 1.66. The Morgan fingerprint density at radius 2 is 2.21 bits per heavy atom. The molecule has 1 nitrogen and oxygen atoms in total. The lowest BCUT2D eigenvalue weighted by Crippen LogP contribution is -2.00. The van der Waals surface area contributed by atoms with Gasteiger partial charge in [-0.15, -0.1) is 5.92 Å². The van der Waals surface area contributed by atoms with Crippen LogP contribution in [0.3, 0.4) is 0 Å². The summed E-state index contributed by atoms with van der Waals surface area (Å²) < 4.78 is 13.1. The Morgan fingerprint density at radius 3 is 2.86 bits per heavy atom. The minimum atomic E-state index is -0.139. The van der Waals surface area contributed by atoms with E-state index < -0.39 is 0 Å². The summed E-state index contributed by atoms with van der Waals surface area (Å²) in [6.45, 7) is 4.34. The van der Waals surface area contributed by atoms with Gasteiger partial charge in [0.2, 0.25) is 0 Å². The van der Waals surface area contributed by atoms with Crippen molar-refractivity contribution in [3.8, 4) is 11.8 Å². The quantitative estimate of drug-likeness (QED) is 0.724. The molecule has 0 atom stereocenters. The Labute approximate surface area is 84.3 Å². The summed E-state index contributed by atoms with van der Waals surface area (Å²) in [5.74, 6) is 5.55. The minimum Gasteiger partial charge on any atom is -0.374 e. The fraction of sp³-hybridized carbons (Fsp3) is 0.333. The zero-order chi connectivity index (χ0) is 10.4. The predicted octanol–water partition coefficient (Wildman–Crippen LogP) is 2.82. The van der Waals surface area contributed by atoms with Crippen molar-refractivity contribution in [2.45, 2.75) is 20.3 Å². The van der Waals surface area contributed by atoms with Gasteiger partial charge in [0.1, 0.15) is 5.82 Å². The summed E-state index contributed by atoms with van der Waals surface area (Å²) in [4.78, 5) is 0. The molecule has 2 heteroatoms. The second-order valence-corrected chi connectivity index (χ2v) is 2.94. The molecule has 0 bridgehead atoms. The number of anilines is 1. The monoisotopic (exact) mass is 191 g/mol. The highest BCUT2D eigenvalue weighted by atomic mass is 19.1. The van der Waals surface area contributed by atoms with Gasteiger partial charge in [0.05, 0.1) is 6.54 Å².